The molecule has 0 aromatic rings. The molecule has 0 saturated heterocycles. The molecular weight excluding hydrogens is 252 g/mol. The first kappa shape index (κ1) is 20.7. The van der Waals surface area contributed by atoms with Gasteiger partial charge in [-0.3, -0.25) is 0 Å². The van der Waals surface area contributed by atoms with Crippen molar-refractivity contribution in [1.82, 2.24) is 0 Å². The van der Waals surface area contributed by atoms with Gasteiger partial charge < -0.3 is 0 Å². The maximum absolute atomic E-state index is 2.58. The average Bonchev–Trinajstić information content (AvgIpc) is 2.46. The number of hydrogen-bond acceptors (Lipinski definition) is 0. The largest absolute Gasteiger partial charge is 0.0916 e. The zero-order valence-electron chi connectivity index (χ0n) is 16.7. The molecule has 0 aliphatic carbocycles. The predicted octanol–water partition coefficient (Wildman–Crippen LogP) is 7.64. The van der Waals surface area contributed by atoms with Gasteiger partial charge in [-0.15, -0.1) is 0 Å². The maximum atomic E-state index is 2.58. The Bertz CT molecular complexity index is 326. The highest BCUT2D eigenvalue weighted by molar-refractivity contribution is 5.08. The second kappa shape index (κ2) is 7.34. The van der Waals surface area contributed by atoms with Crippen LogP contribution in [0.3, 0.4) is 0 Å². The zero-order valence-corrected chi connectivity index (χ0v) is 16.7. The maximum Gasteiger partial charge on any atom is -0.0209 e. The summed E-state index contributed by atoms with van der Waals surface area (Å²) in [4.78, 5) is 0. The van der Waals surface area contributed by atoms with Crippen LogP contribution < -0.4 is 0 Å². The van der Waals surface area contributed by atoms with Gasteiger partial charge >= 0.3 is 0 Å². The van der Waals surface area contributed by atoms with E-state index < -0.39 is 0 Å². The summed E-state index contributed by atoms with van der Waals surface area (Å²) in [6.45, 7) is 24.2. The molecule has 0 spiro atoms. The number of rotatable bonds is 8. The lowest BCUT2D eigenvalue weighted by atomic mass is 9.42. The van der Waals surface area contributed by atoms with Crippen LogP contribution in [0.1, 0.15) is 101 Å². The highest BCUT2D eigenvalue weighted by atomic mass is 14.6. The molecule has 0 aliphatic rings. The molecule has 0 heteroatoms. The minimum Gasteiger partial charge on any atom is -0.0916 e. The van der Waals surface area contributed by atoms with Gasteiger partial charge in [0.25, 0.3) is 0 Å². The van der Waals surface area contributed by atoms with E-state index in [0.29, 0.717) is 21.7 Å². The highest BCUT2D eigenvalue weighted by Gasteiger charge is 2.57. The molecule has 0 heterocycles. The molecule has 0 rings (SSSR count). The fourth-order valence-electron chi connectivity index (χ4n) is 4.99. The quantitative estimate of drug-likeness (QED) is 0.403. The second-order valence-corrected chi connectivity index (χ2v) is 8.38. The highest BCUT2D eigenvalue weighted by Crippen LogP contribution is 2.65. The molecule has 0 aromatic carbocycles. The van der Waals surface area contributed by atoms with Gasteiger partial charge in [0.2, 0.25) is 0 Å². The van der Waals surface area contributed by atoms with E-state index in [9.17, 15) is 0 Å². The van der Waals surface area contributed by atoms with E-state index in [0.717, 1.165) is 0 Å². The molecule has 2 unspecified atom stereocenters. The number of hydrogen-bond donors (Lipinski definition) is 0. The van der Waals surface area contributed by atoms with Crippen LogP contribution >= 0.6 is 0 Å². The van der Waals surface area contributed by atoms with Gasteiger partial charge in [-0.2, -0.15) is 0 Å². The first-order valence-corrected chi connectivity index (χ1v) is 9.17. The SMILES string of the molecule is CC=CCC(CC)(CC)C(C)(CC)C(C)(CC)C(C)(C)C. The minimum absolute atomic E-state index is 0.317. The Hall–Kier alpha value is -0.260. The van der Waals surface area contributed by atoms with Crippen molar-refractivity contribution in [3.63, 3.8) is 0 Å². The van der Waals surface area contributed by atoms with Crippen molar-refractivity contribution in [2.45, 2.75) is 101 Å². The molecule has 0 radical (unpaired) electrons. The standard InChI is InChI=1S/C21H42/c1-11-16-17-21(14-4,15-5)20(10,13-3)19(9,12-2)18(6,7)8/h11,16H,12-15,17H2,1-10H3. The van der Waals surface area contributed by atoms with E-state index in [1.165, 1.54) is 32.1 Å². The van der Waals surface area contributed by atoms with Gasteiger partial charge in [-0.25, -0.2) is 0 Å². The summed E-state index contributed by atoms with van der Waals surface area (Å²) in [6, 6.07) is 0. The summed E-state index contributed by atoms with van der Waals surface area (Å²) >= 11 is 0. The molecule has 0 nitrogen and oxygen atoms in total. The third kappa shape index (κ3) is 3.25. The Morgan fingerprint density at radius 3 is 1.33 bits per heavy atom. The molecule has 126 valence electrons. The van der Waals surface area contributed by atoms with Crippen molar-refractivity contribution >= 4 is 0 Å². The Morgan fingerprint density at radius 1 is 0.667 bits per heavy atom. The van der Waals surface area contributed by atoms with E-state index in [1.54, 1.807) is 0 Å². The van der Waals surface area contributed by atoms with Crippen LogP contribution in [0, 0.1) is 21.7 Å². The fourth-order valence-corrected chi connectivity index (χ4v) is 4.99. The van der Waals surface area contributed by atoms with Gasteiger partial charge in [0.05, 0.1) is 0 Å². The molecule has 0 fully saturated rings. The molecule has 0 saturated carbocycles. The Labute approximate surface area is 135 Å². The second-order valence-electron chi connectivity index (χ2n) is 8.38. The zero-order chi connectivity index (χ0) is 16.9. The molecule has 0 bridgehead atoms. The van der Waals surface area contributed by atoms with Crippen molar-refractivity contribution in [1.29, 1.82) is 0 Å². The molecular formula is C21H42. The van der Waals surface area contributed by atoms with Crippen molar-refractivity contribution in [3.05, 3.63) is 12.2 Å². The van der Waals surface area contributed by atoms with Crippen molar-refractivity contribution in [3.8, 4) is 0 Å². The molecule has 0 aromatic heterocycles. The van der Waals surface area contributed by atoms with E-state index in [-0.39, 0.29) is 0 Å². The van der Waals surface area contributed by atoms with E-state index in [1.807, 2.05) is 0 Å². The summed E-state index contributed by atoms with van der Waals surface area (Å²) in [5.74, 6) is 0. The van der Waals surface area contributed by atoms with Crippen LogP contribution in [0.15, 0.2) is 12.2 Å². The van der Waals surface area contributed by atoms with Crippen LogP contribution in [0.2, 0.25) is 0 Å². The lowest BCUT2D eigenvalue weighted by molar-refractivity contribution is -0.134. The van der Waals surface area contributed by atoms with Gasteiger partial charge in [-0.05, 0) is 60.7 Å². The molecule has 0 amide bonds. The van der Waals surface area contributed by atoms with Crippen LogP contribution in [-0.2, 0) is 0 Å². The summed E-state index contributed by atoms with van der Waals surface area (Å²) in [5.41, 5.74) is 1.39. The van der Waals surface area contributed by atoms with E-state index >= 15 is 0 Å². The lowest BCUT2D eigenvalue weighted by Crippen LogP contribution is -2.55. The van der Waals surface area contributed by atoms with Crippen LogP contribution in [0.4, 0.5) is 0 Å². The van der Waals surface area contributed by atoms with Crippen LogP contribution in [-0.4, -0.2) is 0 Å². The van der Waals surface area contributed by atoms with Gasteiger partial charge in [0.15, 0.2) is 0 Å². The average molecular weight is 295 g/mol. The summed E-state index contributed by atoms with van der Waals surface area (Å²) in [7, 11) is 0. The minimum atomic E-state index is 0.317. The molecule has 0 N–H and O–H groups in total. The van der Waals surface area contributed by atoms with E-state index in [2.05, 4.69) is 81.4 Å². The normalized spacial score (nSPS) is 19.5. The van der Waals surface area contributed by atoms with E-state index in [4.69, 9.17) is 0 Å². The van der Waals surface area contributed by atoms with Gasteiger partial charge in [0, 0.05) is 0 Å². The third-order valence-electron chi connectivity index (χ3n) is 7.56. The third-order valence-corrected chi connectivity index (χ3v) is 7.56. The van der Waals surface area contributed by atoms with Crippen LogP contribution in [0.5, 0.6) is 0 Å². The first-order chi connectivity index (χ1) is 9.55. The lowest BCUT2D eigenvalue weighted by Gasteiger charge is -2.63. The monoisotopic (exact) mass is 294 g/mol. The first-order valence-electron chi connectivity index (χ1n) is 9.17. The molecule has 2 atom stereocenters. The smallest absolute Gasteiger partial charge is 0.0209 e. The Balaban J connectivity index is 6.20. The summed E-state index contributed by atoms with van der Waals surface area (Å²) < 4.78 is 0. The Morgan fingerprint density at radius 2 is 1.10 bits per heavy atom. The van der Waals surface area contributed by atoms with Crippen molar-refractivity contribution in [2.24, 2.45) is 21.7 Å². The number of allylic oxidation sites excluding steroid dienone is 2. The fraction of sp³-hybridized carbons (Fsp3) is 0.905. The van der Waals surface area contributed by atoms with Crippen LogP contribution in [0.25, 0.3) is 0 Å². The topological polar surface area (TPSA) is 0 Å². The van der Waals surface area contributed by atoms with Gasteiger partial charge in [-0.1, -0.05) is 74.5 Å². The molecule has 21 heavy (non-hydrogen) atoms. The van der Waals surface area contributed by atoms with Crippen molar-refractivity contribution in [2.75, 3.05) is 0 Å². The van der Waals surface area contributed by atoms with Gasteiger partial charge in [0.1, 0.15) is 0 Å². The van der Waals surface area contributed by atoms with Crippen molar-refractivity contribution < 1.29 is 0 Å². The summed E-state index contributed by atoms with van der Waals surface area (Å²) in [6.07, 6.45) is 10.9. The summed E-state index contributed by atoms with van der Waals surface area (Å²) in [5, 5.41) is 0. The Kier molecular flexibility index (Phi) is 7.25. The molecule has 0 aliphatic heterocycles. The predicted molar refractivity (Wildman–Crippen MR) is 98.7 cm³/mol.